The van der Waals surface area contributed by atoms with Crippen LogP contribution in [0.4, 0.5) is 5.69 Å². The number of nitrogens with one attached hydrogen (secondary N) is 2. The molecule has 1 aromatic carbocycles. The molecule has 0 spiro atoms. The van der Waals surface area contributed by atoms with Crippen molar-refractivity contribution in [3.8, 4) is 5.75 Å². The number of hydrogen-bond acceptors (Lipinski definition) is 3. The maximum Gasteiger partial charge on any atom is 0.117 e. The lowest BCUT2D eigenvalue weighted by atomic mass is 9.93. The van der Waals surface area contributed by atoms with Crippen LogP contribution < -0.4 is 10.6 Å². The van der Waals surface area contributed by atoms with Crippen LogP contribution >= 0.6 is 0 Å². The number of aromatic hydroxyl groups is 1. The van der Waals surface area contributed by atoms with Crippen molar-refractivity contribution in [3.05, 3.63) is 23.8 Å². The molecule has 0 amide bonds. The van der Waals surface area contributed by atoms with Gasteiger partial charge in [0.25, 0.3) is 0 Å². The highest BCUT2D eigenvalue weighted by molar-refractivity contribution is 5.56. The minimum absolute atomic E-state index is 0.340. The Morgan fingerprint density at radius 2 is 2.29 bits per heavy atom. The zero-order valence-corrected chi connectivity index (χ0v) is 10.7. The summed E-state index contributed by atoms with van der Waals surface area (Å²) in [6, 6.07) is 5.60. The molecule has 1 aliphatic heterocycles. The number of rotatable bonds is 4. The Balaban J connectivity index is 1.88. The molecule has 0 radical (unpaired) electrons. The van der Waals surface area contributed by atoms with Gasteiger partial charge in [0.05, 0.1) is 0 Å². The van der Waals surface area contributed by atoms with Crippen molar-refractivity contribution < 1.29 is 5.11 Å². The molecule has 1 unspecified atom stereocenters. The van der Waals surface area contributed by atoms with E-state index in [0.717, 1.165) is 31.7 Å². The second-order valence-electron chi connectivity index (χ2n) is 5.34. The first kappa shape index (κ1) is 12.2. The molecule has 0 saturated heterocycles. The van der Waals surface area contributed by atoms with Crippen LogP contribution in [0.2, 0.25) is 0 Å². The van der Waals surface area contributed by atoms with Crippen molar-refractivity contribution >= 4 is 5.69 Å². The van der Waals surface area contributed by atoms with Crippen molar-refractivity contribution in [1.29, 1.82) is 0 Å². The third-order valence-corrected chi connectivity index (χ3v) is 3.17. The summed E-state index contributed by atoms with van der Waals surface area (Å²) < 4.78 is 0. The lowest BCUT2D eigenvalue weighted by Crippen LogP contribution is -2.34. The number of anilines is 1. The molecule has 0 aliphatic carbocycles. The Labute approximate surface area is 103 Å². The standard InChI is InChI=1S/C14H22N2O/c1-10(2)7-15-8-11-5-12-3-4-13(17)6-14(12)16-9-11/h3-4,6,10-11,15-17H,5,7-9H2,1-2H3. The van der Waals surface area contributed by atoms with Gasteiger partial charge in [0.15, 0.2) is 0 Å². The summed E-state index contributed by atoms with van der Waals surface area (Å²) in [6.07, 6.45) is 1.09. The Bertz CT molecular complexity index is 376. The van der Waals surface area contributed by atoms with Crippen LogP contribution in [0.3, 0.4) is 0 Å². The van der Waals surface area contributed by atoms with E-state index in [1.54, 1.807) is 6.07 Å². The molecule has 17 heavy (non-hydrogen) atoms. The number of fused-ring (bicyclic) bond motifs is 1. The van der Waals surface area contributed by atoms with Crippen molar-refractivity contribution in [2.24, 2.45) is 11.8 Å². The summed E-state index contributed by atoms with van der Waals surface area (Å²) in [5.41, 5.74) is 2.40. The van der Waals surface area contributed by atoms with Crippen molar-refractivity contribution in [2.75, 3.05) is 25.0 Å². The molecule has 0 saturated carbocycles. The van der Waals surface area contributed by atoms with E-state index in [4.69, 9.17) is 0 Å². The van der Waals surface area contributed by atoms with Crippen LogP contribution in [0, 0.1) is 11.8 Å². The van der Waals surface area contributed by atoms with E-state index < -0.39 is 0 Å². The number of hydrogen-bond donors (Lipinski definition) is 3. The maximum atomic E-state index is 9.40. The van der Waals surface area contributed by atoms with Crippen LogP contribution in [0.5, 0.6) is 5.75 Å². The van der Waals surface area contributed by atoms with Gasteiger partial charge in [-0.05, 0) is 43.0 Å². The first-order chi connectivity index (χ1) is 8.15. The first-order valence-electron chi connectivity index (χ1n) is 6.41. The Morgan fingerprint density at radius 3 is 3.06 bits per heavy atom. The van der Waals surface area contributed by atoms with Crippen LogP contribution in [-0.2, 0) is 6.42 Å². The van der Waals surface area contributed by atoms with Crippen LogP contribution in [-0.4, -0.2) is 24.7 Å². The van der Waals surface area contributed by atoms with E-state index in [9.17, 15) is 5.11 Å². The van der Waals surface area contributed by atoms with E-state index in [1.165, 1.54) is 5.56 Å². The van der Waals surface area contributed by atoms with Crippen LogP contribution in [0.25, 0.3) is 0 Å². The molecule has 2 rings (SSSR count). The lowest BCUT2D eigenvalue weighted by molar-refractivity contribution is 0.452. The summed E-state index contributed by atoms with van der Waals surface area (Å²) >= 11 is 0. The summed E-state index contributed by atoms with van der Waals surface area (Å²) in [7, 11) is 0. The van der Waals surface area contributed by atoms with Crippen molar-refractivity contribution in [3.63, 3.8) is 0 Å². The highest BCUT2D eigenvalue weighted by atomic mass is 16.3. The summed E-state index contributed by atoms with van der Waals surface area (Å²) in [5, 5.41) is 16.3. The van der Waals surface area contributed by atoms with Gasteiger partial charge >= 0.3 is 0 Å². The zero-order valence-electron chi connectivity index (χ0n) is 10.7. The van der Waals surface area contributed by atoms with Gasteiger partial charge in [-0.25, -0.2) is 0 Å². The summed E-state index contributed by atoms with van der Waals surface area (Å²) in [6.45, 7) is 7.58. The fraction of sp³-hybridized carbons (Fsp3) is 0.571. The average molecular weight is 234 g/mol. The van der Waals surface area contributed by atoms with E-state index in [-0.39, 0.29) is 0 Å². The van der Waals surface area contributed by atoms with E-state index >= 15 is 0 Å². The predicted octanol–water partition coefficient (Wildman–Crippen LogP) is 2.22. The number of phenols is 1. The second-order valence-corrected chi connectivity index (χ2v) is 5.34. The lowest BCUT2D eigenvalue weighted by Gasteiger charge is -2.26. The van der Waals surface area contributed by atoms with Gasteiger partial charge in [0.1, 0.15) is 5.75 Å². The Morgan fingerprint density at radius 1 is 1.47 bits per heavy atom. The third kappa shape index (κ3) is 3.37. The fourth-order valence-corrected chi connectivity index (χ4v) is 2.26. The van der Waals surface area contributed by atoms with Gasteiger partial charge in [0.2, 0.25) is 0 Å². The topological polar surface area (TPSA) is 44.3 Å². The van der Waals surface area contributed by atoms with E-state index in [2.05, 4.69) is 24.5 Å². The van der Waals surface area contributed by atoms with Crippen LogP contribution in [0.15, 0.2) is 18.2 Å². The van der Waals surface area contributed by atoms with Crippen molar-refractivity contribution in [1.82, 2.24) is 5.32 Å². The molecule has 1 heterocycles. The first-order valence-corrected chi connectivity index (χ1v) is 6.41. The van der Waals surface area contributed by atoms with Gasteiger partial charge in [0, 0.05) is 18.3 Å². The minimum Gasteiger partial charge on any atom is -0.508 e. The SMILES string of the molecule is CC(C)CNCC1CNc2cc(O)ccc2C1. The molecular formula is C14H22N2O. The minimum atomic E-state index is 0.340. The Hall–Kier alpha value is -1.22. The highest BCUT2D eigenvalue weighted by Gasteiger charge is 2.17. The molecule has 1 atom stereocenters. The molecule has 3 N–H and O–H groups in total. The molecule has 3 nitrogen and oxygen atoms in total. The molecule has 1 aliphatic rings. The largest absolute Gasteiger partial charge is 0.508 e. The van der Waals surface area contributed by atoms with Gasteiger partial charge in [-0.3, -0.25) is 0 Å². The van der Waals surface area contributed by atoms with Crippen LogP contribution in [0.1, 0.15) is 19.4 Å². The molecule has 0 aromatic heterocycles. The van der Waals surface area contributed by atoms with Gasteiger partial charge in [-0.15, -0.1) is 0 Å². The fourth-order valence-electron chi connectivity index (χ4n) is 2.26. The van der Waals surface area contributed by atoms with Gasteiger partial charge < -0.3 is 15.7 Å². The highest BCUT2D eigenvalue weighted by Crippen LogP contribution is 2.27. The average Bonchev–Trinajstić information content (AvgIpc) is 2.29. The smallest absolute Gasteiger partial charge is 0.117 e. The summed E-state index contributed by atoms with van der Waals surface area (Å²) in [5.74, 6) is 1.69. The molecule has 0 bridgehead atoms. The predicted molar refractivity (Wildman–Crippen MR) is 71.5 cm³/mol. The normalized spacial score (nSPS) is 18.9. The quantitative estimate of drug-likeness (QED) is 0.748. The number of phenolic OH excluding ortho intramolecular Hbond substituents is 1. The van der Waals surface area contributed by atoms with Gasteiger partial charge in [-0.1, -0.05) is 19.9 Å². The van der Waals surface area contributed by atoms with E-state index in [0.29, 0.717) is 17.6 Å². The second kappa shape index (κ2) is 5.41. The maximum absolute atomic E-state index is 9.40. The van der Waals surface area contributed by atoms with Crippen molar-refractivity contribution in [2.45, 2.75) is 20.3 Å². The molecular weight excluding hydrogens is 212 g/mol. The summed E-state index contributed by atoms with van der Waals surface area (Å²) in [4.78, 5) is 0. The van der Waals surface area contributed by atoms with E-state index in [1.807, 2.05) is 12.1 Å². The Kier molecular flexibility index (Phi) is 3.89. The monoisotopic (exact) mass is 234 g/mol. The van der Waals surface area contributed by atoms with Gasteiger partial charge in [-0.2, -0.15) is 0 Å². The zero-order chi connectivity index (χ0) is 12.3. The molecule has 1 aromatic rings. The molecule has 0 fully saturated rings. The third-order valence-electron chi connectivity index (χ3n) is 3.17. The molecule has 94 valence electrons. The number of benzene rings is 1. The molecule has 3 heteroatoms.